The van der Waals surface area contributed by atoms with Gasteiger partial charge in [0, 0.05) is 23.0 Å². The summed E-state index contributed by atoms with van der Waals surface area (Å²) in [5.74, 6) is -0.196. The number of fused-ring (bicyclic) bond motifs is 3. The molecule has 2 N–H and O–H groups in total. The Balaban J connectivity index is 1.87. The van der Waals surface area contributed by atoms with Crippen LogP contribution in [0.4, 0.5) is 0 Å². The van der Waals surface area contributed by atoms with Crippen LogP contribution in [-0.4, -0.2) is 23.1 Å². The zero-order chi connectivity index (χ0) is 18.3. The standard InChI is InChI=1S/C22H24N2O2/c1-14(2)26-21(25)19-13-17-16-11-7-8-12-18(16)23-20(17)22(3,24-19)15-9-5-4-6-10-15/h4-12,14,19,23-24H,13H2,1-3H3/t19-,22-/m1/s1. The number of benzene rings is 2. The van der Waals surface area contributed by atoms with E-state index in [9.17, 15) is 4.79 Å². The number of aromatic amines is 1. The van der Waals surface area contributed by atoms with E-state index in [1.54, 1.807) is 0 Å². The molecule has 3 aromatic rings. The van der Waals surface area contributed by atoms with E-state index in [-0.39, 0.29) is 18.1 Å². The second kappa shape index (κ2) is 6.29. The molecule has 0 fully saturated rings. The van der Waals surface area contributed by atoms with Crippen molar-refractivity contribution in [3.63, 3.8) is 0 Å². The van der Waals surface area contributed by atoms with Crippen molar-refractivity contribution in [2.45, 2.75) is 44.9 Å². The molecule has 0 aliphatic carbocycles. The topological polar surface area (TPSA) is 54.1 Å². The second-order valence-electron chi connectivity index (χ2n) is 7.40. The van der Waals surface area contributed by atoms with Crippen molar-refractivity contribution in [3.8, 4) is 0 Å². The van der Waals surface area contributed by atoms with Crippen molar-refractivity contribution in [3.05, 3.63) is 71.4 Å². The van der Waals surface area contributed by atoms with Gasteiger partial charge in [0.05, 0.1) is 11.6 Å². The van der Waals surface area contributed by atoms with Crippen LogP contribution in [0.3, 0.4) is 0 Å². The van der Waals surface area contributed by atoms with E-state index in [4.69, 9.17) is 4.74 Å². The molecule has 26 heavy (non-hydrogen) atoms. The highest BCUT2D eigenvalue weighted by Crippen LogP contribution is 2.39. The van der Waals surface area contributed by atoms with Crippen LogP contribution in [0.25, 0.3) is 10.9 Å². The fourth-order valence-corrected chi connectivity index (χ4v) is 3.97. The molecular formula is C22H24N2O2. The number of carbonyl (C=O) groups is 1. The zero-order valence-electron chi connectivity index (χ0n) is 15.4. The van der Waals surface area contributed by atoms with Gasteiger partial charge in [-0.3, -0.25) is 10.1 Å². The molecule has 1 aliphatic rings. The van der Waals surface area contributed by atoms with E-state index in [1.165, 1.54) is 10.9 Å². The number of rotatable bonds is 3. The number of carbonyl (C=O) groups excluding carboxylic acids is 1. The van der Waals surface area contributed by atoms with Gasteiger partial charge in [0.1, 0.15) is 6.04 Å². The summed E-state index contributed by atoms with van der Waals surface area (Å²) in [4.78, 5) is 16.3. The molecule has 0 spiro atoms. The third-order valence-corrected chi connectivity index (χ3v) is 5.17. The average Bonchev–Trinajstić information content (AvgIpc) is 3.02. The molecule has 2 atom stereocenters. The molecule has 1 aliphatic heterocycles. The Hall–Kier alpha value is -2.59. The van der Waals surface area contributed by atoms with Gasteiger partial charge < -0.3 is 9.72 Å². The molecule has 0 radical (unpaired) electrons. The van der Waals surface area contributed by atoms with Gasteiger partial charge in [-0.2, -0.15) is 0 Å². The SMILES string of the molecule is CC(C)OC(=O)[C@H]1Cc2c([nH]c3ccccc23)[C@@](C)(c2ccccc2)N1. The van der Waals surface area contributed by atoms with Crippen LogP contribution in [0.2, 0.25) is 0 Å². The van der Waals surface area contributed by atoms with Gasteiger partial charge in [-0.05, 0) is 38.0 Å². The van der Waals surface area contributed by atoms with Gasteiger partial charge in [0.2, 0.25) is 0 Å². The number of hydrogen-bond acceptors (Lipinski definition) is 3. The highest BCUT2D eigenvalue weighted by atomic mass is 16.5. The van der Waals surface area contributed by atoms with Crippen molar-refractivity contribution in [2.75, 3.05) is 0 Å². The van der Waals surface area contributed by atoms with Crippen LogP contribution in [0.15, 0.2) is 54.6 Å². The van der Waals surface area contributed by atoms with Gasteiger partial charge in [0.25, 0.3) is 0 Å². The van der Waals surface area contributed by atoms with Crippen LogP contribution in [-0.2, 0) is 21.5 Å². The number of nitrogens with one attached hydrogen (secondary N) is 2. The quantitative estimate of drug-likeness (QED) is 0.706. The summed E-state index contributed by atoms with van der Waals surface area (Å²) in [6.07, 6.45) is 0.490. The summed E-state index contributed by atoms with van der Waals surface area (Å²) >= 11 is 0. The summed E-state index contributed by atoms with van der Waals surface area (Å²) in [5, 5.41) is 4.74. The molecule has 2 heterocycles. The highest BCUT2D eigenvalue weighted by molar-refractivity contribution is 5.87. The molecule has 2 aromatic carbocycles. The molecular weight excluding hydrogens is 324 g/mol. The fourth-order valence-electron chi connectivity index (χ4n) is 3.97. The number of hydrogen-bond donors (Lipinski definition) is 2. The van der Waals surface area contributed by atoms with Crippen LogP contribution in [0.1, 0.15) is 37.6 Å². The zero-order valence-corrected chi connectivity index (χ0v) is 15.4. The first kappa shape index (κ1) is 16.9. The lowest BCUT2D eigenvalue weighted by atomic mass is 9.80. The average molecular weight is 348 g/mol. The predicted octanol–water partition coefficient (Wildman–Crippen LogP) is 3.90. The first-order chi connectivity index (χ1) is 12.5. The van der Waals surface area contributed by atoms with Crippen LogP contribution < -0.4 is 5.32 Å². The van der Waals surface area contributed by atoms with E-state index in [2.05, 4.69) is 41.5 Å². The number of esters is 1. The maximum absolute atomic E-state index is 12.7. The Kier molecular flexibility index (Phi) is 4.08. The number of H-pyrrole nitrogens is 1. The van der Waals surface area contributed by atoms with E-state index in [0.717, 1.165) is 16.8 Å². The summed E-state index contributed by atoms with van der Waals surface area (Å²) < 4.78 is 5.51. The first-order valence-electron chi connectivity index (χ1n) is 9.13. The van der Waals surface area contributed by atoms with E-state index in [1.807, 2.05) is 44.2 Å². The van der Waals surface area contributed by atoms with Crippen LogP contribution in [0.5, 0.6) is 0 Å². The highest BCUT2D eigenvalue weighted by Gasteiger charge is 2.42. The van der Waals surface area contributed by atoms with Crippen LogP contribution >= 0.6 is 0 Å². The van der Waals surface area contributed by atoms with Gasteiger partial charge in [0.15, 0.2) is 0 Å². The maximum atomic E-state index is 12.7. The largest absolute Gasteiger partial charge is 0.462 e. The number of aromatic nitrogens is 1. The number of para-hydroxylation sites is 1. The monoisotopic (exact) mass is 348 g/mol. The van der Waals surface area contributed by atoms with Crippen molar-refractivity contribution in [1.29, 1.82) is 0 Å². The summed E-state index contributed by atoms with van der Waals surface area (Å²) in [7, 11) is 0. The van der Waals surface area contributed by atoms with Gasteiger partial charge in [-0.1, -0.05) is 48.5 Å². The molecule has 0 bridgehead atoms. The molecule has 0 amide bonds. The smallest absolute Gasteiger partial charge is 0.323 e. The van der Waals surface area contributed by atoms with Crippen LogP contribution in [0, 0.1) is 0 Å². The lowest BCUT2D eigenvalue weighted by Gasteiger charge is -2.39. The molecule has 0 saturated carbocycles. The van der Waals surface area contributed by atoms with Crippen molar-refractivity contribution >= 4 is 16.9 Å². The Bertz CT molecular complexity index is 945. The van der Waals surface area contributed by atoms with Crippen molar-refractivity contribution < 1.29 is 9.53 Å². The minimum absolute atomic E-state index is 0.128. The summed E-state index contributed by atoms with van der Waals surface area (Å²) in [5.41, 5.74) is 4.04. The molecule has 0 unspecified atom stereocenters. The lowest BCUT2D eigenvalue weighted by molar-refractivity contribution is -0.150. The molecule has 4 heteroatoms. The Morgan fingerprint density at radius 3 is 2.54 bits per heavy atom. The first-order valence-corrected chi connectivity index (χ1v) is 9.13. The minimum Gasteiger partial charge on any atom is -0.462 e. The van der Waals surface area contributed by atoms with Gasteiger partial charge in [-0.15, -0.1) is 0 Å². The van der Waals surface area contributed by atoms with Gasteiger partial charge in [-0.25, -0.2) is 0 Å². The predicted molar refractivity (Wildman–Crippen MR) is 103 cm³/mol. The third kappa shape index (κ3) is 2.71. The Labute approximate surface area is 153 Å². The molecule has 0 saturated heterocycles. The van der Waals surface area contributed by atoms with Gasteiger partial charge >= 0.3 is 5.97 Å². The Morgan fingerprint density at radius 2 is 1.81 bits per heavy atom. The Morgan fingerprint density at radius 1 is 1.12 bits per heavy atom. The maximum Gasteiger partial charge on any atom is 0.323 e. The molecule has 1 aromatic heterocycles. The fraction of sp³-hybridized carbons (Fsp3) is 0.318. The molecule has 4 rings (SSSR count). The van der Waals surface area contributed by atoms with Crippen molar-refractivity contribution in [2.24, 2.45) is 0 Å². The summed E-state index contributed by atoms with van der Waals surface area (Å²) in [6.45, 7) is 5.90. The van der Waals surface area contributed by atoms with E-state index < -0.39 is 5.54 Å². The summed E-state index contributed by atoms with van der Waals surface area (Å²) in [6, 6.07) is 18.1. The third-order valence-electron chi connectivity index (χ3n) is 5.17. The van der Waals surface area contributed by atoms with E-state index >= 15 is 0 Å². The minimum atomic E-state index is -0.492. The second-order valence-corrected chi connectivity index (χ2v) is 7.40. The molecule has 4 nitrogen and oxygen atoms in total. The molecule has 134 valence electrons. The van der Waals surface area contributed by atoms with Crippen molar-refractivity contribution in [1.82, 2.24) is 10.3 Å². The lowest BCUT2D eigenvalue weighted by Crippen LogP contribution is -2.55. The number of ether oxygens (including phenoxy) is 1. The van der Waals surface area contributed by atoms with E-state index in [0.29, 0.717) is 6.42 Å². The normalized spacial score (nSPS) is 22.4.